The lowest BCUT2D eigenvalue weighted by molar-refractivity contribution is 0.0917. The molecule has 0 fully saturated rings. The van der Waals surface area contributed by atoms with E-state index in [1.54, 1.807) is 6.20 Å². The molecule has 0 amide bonds. The van der Waals surface area contributed by atoms with Crippen LogP contribution in [0, 0.1) is 5.92 Å². The quantitative estimate of drug-likeness (QED) is 0.751. The molecule has 1 unspecified atom stereocenters. The van der Waals surface area contributed by atoms with E-state index in [0.717, 1.165) is 18.4 Å². The maximum absolute atomic E-state index is 12.0. The molecule has 1 atom stereocenters. The lowest BCUT2D eigenvalue weighted by Crippen LogP contribution is -2.16. The molecule has 2 N–H and O–H groups in total. The second-order valence-corrected chi connectivity index (χ2v) is 3.77. The van der Waals surface area contributed by atoms with Crippen LogP contribution in [0.25, 0.3) is 0 Å². The molecule has 0 spiro atoms. The Morgan fingerprint density at radius 2 is 2.33 bits per heavy atom. The van der Waals surface area contributed by atoms with Crippen LogP contribution >= 0.6 is 0 Å². The van der Waals surface area contributed by atoms with Crippen molar-refractivity contribution in [2.75, 3.05) is 0 Å². The largest absolute Gasteiger partial charge is 0.326 e. The molecule has 1 rings (SSSR count). The Balaban J connectivity index is 2.90. The summed E-state index contributed by atoms with van der Waals surface area (Å²) in [5.74, 6) is 0.146. The van der Waals surface area contributed by atoms with E-state index in [-0.39, 0.29) is 11.7 Å². The number of aromatic nitrogens is 1. The summed E-state index contributed by atoms with van der Waals surface area (Å²) < 4.78 is 0. The van der Waals surface area contributed by atoms with Crippen molar-refractivity contribution in [3.63, 3.8) is 0 Å². The number of nitrogens with zero attached hydrogens (tertiary/aromatic N) is 1. The zero-order chi connectivity index (χ0) is 11.3. The third-order valence-corrected chi connectivity index (χ3v) is 2.51. The Hall–Kier alpha value is -1.22. The maximum atomic E-state index is 12.0. The highest BCUT2D eigenvalue weighted by Crippen LogP contribution is 2.14. The zero-order valence-electron chi connectivity index (χ0n) is 9.36. The lowest BCUT2D eigenvalue weighted by atomic mass is 9.96. The molecule has 3 heteroatoms. The van der Waals surface area contributed by atoms with Gasteiger partial charge in [0.1, 0.15) is 5.69 Å². The van der Waals surface area contributed by atoms with E-state index >= 15 is 0 Å². The fourth-order valence-electron chi connectivity index (χ4n) is 1.62. The number of nitrogens with two attached hydrogens (primary N) is 1. The van der Waals surface area contributed by atoms with Crippen LogP contribution in [0.1, 0.15) is 42.7 Å². The number of carbonyl (C=O) groups is 1. The molecular formula is C12H18N2O. The van der Waals surface area contributed by atoms with Gasteiger partial charge in [-0.05, 0) is 18.1 Å². The predicted octanol–water partition coefficient (Wildman–Crippen LogP) is 2.16. The standard InChI is InChI=1S/C12H18N2O/c1-3-5-9(2)12(15)11-10(8-13)6-4-7-14-11/h4,6-7,9H,3,5,8,13H2,1-2H3. The second kappa shape index (κ2) is 5.61. The van der Waals surface area contributed by atoms with Gasteiger partial charge in [-0.3, -0.25) is 9.78 Å². The van der Waals surface area contributed by atoms with Crippen molar-refractivity contribution >= 4 is 5.78 Å². The molecule has 0 radical (unpaired) electrons. The summed E-state index contributed by atoms with van der Waals surface area (Å²) in [5, 5.41) is 0. The van der Waals surface area contributed by atoms with Gasteiger partial charge in [0, 0.05) is 18.7 Å². The number of hydrogen-bond acceptors (Lipinski definition) is 3. The summed E-state index contributed by atoms with van der Waals surface area (Å²) in [6.45, 7) is 4.39. The second-order valence-electron chi connectivity index (χ2n) is 3.77. The van der Waals surface area contributed by atoms with Crippen molar-refractivity contribution in [3.05, 3.63) is 29.6 Å². The molecule has 1 aromatic rings. The molecular weight excluding hydrogens is 188 g/mol. The van der Waals surface area contributed by atoms with Crippen molar-refractivity contribution in [1.29, 1.82) is 0 Å². The highest BCUT2D eigenvalue weighted by molar-refractivity contribution is 5.97. The first-order valence-electron chi connectivity index (χ1n) is 5.38. The SMILES string of the molecule is CCCC(C)C(=O)c1ncccc1CN. The van der Waals surface area contributed by atoms with E-state index in [9.17, 15) is 4.79 Å². The summed E-state index contributed by atoms with van der Waals surface area (Å²) in [6.07, 6.45) is 3.56. The number of pyridine rings is 1. The van der Waals surface area contributed by atoms with Crippen LogP contribution in [-0.4, -0.2) is 10.8 Å². The van der Waals surface area contributed by atoms with E-state index in [1.165, 1.54) is 0 Å². The maximum Gasteiger partial charge on any atom is 0.184 e. The monoisotopic (exact) mass is 206 g/mol. The fourth-order valence-corrected chi connectivity index (χ4v) is 1.62. The van der Waals surface area contributed by atoms with Crippen molar-refractivity contribution in [2.24, 2.45) is 11.7 Å². The molecule has 0 aliphatic heterocycles. The summed E-state index contributed by atoms with van der Waals surface area (Å²) in [5.41, 5.74) is 6.95. The van der Waals surface area contributed by atoms with Gasteiger partial charge in [-0.1, -0.05) is 26.3 Å². The number of hydrogen-bond donors (Lipinski definition) is 1. The Kier molecular flexibility index (Phi) is 4.43. The summed E-state index contributed by atoms with van der Waals surface area (Å²) in [4.78, 5) is 16.1. The molecule has 0 aromatic carbocycles. The smallest absolute Gasteiger partial charge is 0.184 e. The normalized spacial score (nSPS) is 12.5. The molecule has 1 aromatic heterocycles. The van der Waals surface area contributed by atoms with Gasteiger partial charge in [-0.2, -0.15) is 0 Å². The molecule has 15 heavy (non-hydrogen) atoms. The van der Waals surface area contributed by atoms with E-state index < -0.39 is 0 Å². The third-order valence-electron chi connectivity index (χ3n) is 2.51. The first-order chi connectivity index (χ1) is 7.20. The minimum atomic E-state index is 0.0372. The Labute approximate surface area is 90.7 Å². The first-order valence-corrected chi connectivity index (χ1v) is 5.38. The number of rotatable bonds is 5. The van der Waals surface area contributed by atoms with Gasteiger partial charge in [0.15, 0.2) is 5.78 Å². The van der Waals surface area contributed by atoms with Gasteiger partial charge >= 0.3 is 0 Å². The third kappa shape index (κ3) is 2.86. The van der Waals surface area contributed by atoms with Crippen molar-refractivity contribution in [3.8, 4) is 0 Å². The molecule has 3 nitrogen and oxygen atoms in total. The number of carbonyl (C=O) groups excluding carboxylic acids is 1. The van der Waals surface area contributed by atoms with Crippen LogP contribution < -0.4 is 5.73 Å². The Morgan fingerprint density at radius 3 is 2.93 bits per heavy atom. The summed E-state index contributed by atoms with van der Waals surface area (Å²) in [6, 6.07) is 3.67. The van der Waals surface area contributed by atoms with Gasteiger partial charge < -0.3 is 5.73 Å². The molecule has 0 aliphatic rings. The van der Waals surface area contributed by atoms with E-state index in [4.69, 9.17) is 5.73 Å². The van der Waals surface area contributed by atoms with Crippen LogP contribution in [0.5, 0.6) is 0 Å². The molecule has 0 saturated carbocycles. The van der Waals surface area contributed by atoms with Crippen LogP contribution in [0.15, 0.2) is 18.3 Å². The molecule has 0 saturated heterocycles. The summed E-state index contributed by atoms with van der Waals surface area (Å²) >= 11 is 0. The average molecular weight is 206 g/mol. The van der Waals surface area contributed by atoms with Gasteiger partial charge in [0.25, 0.3) is 0 Å². The Morgan fingerprint density at radius 1 is 1.60 bits per heavy atom. The van der Waals surface area contributed by atoms with Gasteiger partial charge in [-0.25, -0.2) is 0 Å². The topological polar surface area (TPSA) is 56.0 Å². The molecule has 0 bridgehead atoms. The van der Waals surface area contributed by atoms with Crippen LogP contribution in [0.3, 0.4) is 0 Å². The van der Waals surface area contributed by atoms with E-state index in [2.05, 4.69) is 11.9 Å². The van der Waals surface area contributed by atoms with E-state index in [0.29, 0.717) is 12.2 Å². The molecule has 0 aliphatic carbocycles. The Bertz CT molecular complexity index is 336. The highest BCUT2D eigenvalue weighted by Gasteiger charge is 2.17. The van der Waals surface area contributed by atoms with Gasteiger partial charge in [0.2, 0.25) is 0 Å². The zero-order valence-corrected chi connectivity index (χ0v) is 9.36. The van der Waals surface area contributed by atoms with E-state index in [1.807, 2.05) is 19.1 Å². The van der Waals surface area contributed by atoms with Gasteiger partial charge in [0.05, 0.1) is 0 Å². The first kappa shape index (κ1) is 11.9. The predicted molar refractivity (Wildman–Crippen MR) is 60.5 cm³/mol. The number of Topliss-reactive ketones (excluding diaryl/α,β-unsaturated/α-hetero) is 1. The highest BCUT2D eigenvalue weighted by atomic mass is 16.1. The minimum Gasteiger partial charge on any atom is -0.326 e. The molecule has 82 valence electrons. The van der Waals surface area contributed by atoms with Gasteiger partial charge in [-0.15, -0.1) is 0 Å². The van der Waals surface area contributed by atoms with Crippen LogP contribution in [-0.2, 0) is 6.54 Å². The van der Waals surface area contributed by atoms with Crippen molar-refractivity contribution < 1.29 is 4.79 Å². The van der Waals surface area contributed by atoms with Crippen LogP contribution in [0.2, 0.25) is 0 Å². The van der Waals surface area contributed by atoms with Crippen molar-refractivity contribution in [2.45, 2.75) is 33.2 Å². The minimum absolute atomic E-state index is 0.0372. The summed E-state index contributed by atoms with van der Waals surface area (Å²) in [7, 11) is 0. The number of ketones is 1. The average Bonchev–Trinajstić information content (AvgIpc) is 2.28. The lowest BCUT2D eigenvalue weighted by Gasteiger charge is -2.10. The van der Waals surface area contributed by atoms with Crippen LogP contribution in [0.4, 0.5) is 0 Å². The fraction of sp³-hybridized carbons (Fsp3) is 0.500. The molecule has 1 heterocycles. The van der Waals surface area contributed by atoms with Crippen molar-refractivity contribution in [1.82, 2.24) is 4.98 Å².